The van der Waals surface area contributed by atoms with Crippen LogP contribution in [-0.4, -0.2) is 68.3 Å². The first kappa shape index (κ1) is 37.1. The Balaban J connectivity index is 1.41. The van der Waals surface area contributed by atoms with Crippen LogP contribution in [0.5, 0.6) is 17.2 Å². The zero-order valence-electron chi connectivity index (χ0n) is 28.1. The number of carbonyl (C=O) groups excluding carboxylic acids is 1. The monoisotopic (exact) mass is 750 g/mol. The Morgan fingerprint density at radius 1 is 1.06 bits per heavy atom. The van der Waals surface area contributed by atoms with E-state index in [0.29, 0.717) is 47.2 Å². The molecule has 0 saturated carbocycles. The Labute approximate surface area is 298 Å². The van der Waals surface area contributed by atoms with E-state index in [1.807, 2.05) is 12.1 Å². The molecule has 4 aromatic rings. The minimum Gasteiger partial charge on any atom is -0.497 e. The maximum Gasteiger partial charge on any atom is 0.410 e. The number of ether oxygens (including phenoxy) is 4. The number of piperidine rings is 1. The standard InChI is InChI=1S/C34H37ClF2N4O7S2/c1-34(2,3)48-33(42)40-13-12-27(21-6-9-24(35)10-7-21)23(17-40)19-47-31-28(36)15-26(16-29(31)37)50(43,44)41(32-38-20-39-49-32)18-22-8-11-25(45-4)14-30(22)46-5/h6-11,14-16,20,23,27H,12-13,17-19H2,1-5H3/t23-,27?/m0/s1. The van der Waals surface area contributed by atoms with E-state index >= 15 is 8.78 Å². The van der Waals surface area contributed by atoms with Crippen LogP contribution in [-0.2, 0) is 21.3 Å². The first-order valence-corrected chi connectivity index (χ1v) is 18.1. The highest BCUT2D eigenvalue weighted by Gasteiger charge is 2.36. The fourth-order valence-corrected chi connectivity index (χ4v) is 7.93. The molecular weight excluding hydrogens is 714 g/mol. The van der Waals surface area contributed by atoms with Gasteiger partial charge in [0.25, 0.3) is 10.0 Å². The van der Waals surface area contributed by atoms with Crippen molar-refractivity contribution < 1.29 is 40.9 Å². The van der Waals surface area contributed by atoms with Crippen molar-refractivity contribution in [3.8, 4) is 17.2 Å². The van der Waals surface area contributed by atoms with E-state index in [1.165, 1.54) is 20.5 Å². The first-order chi connectivity index (χ1) is 23.7. The minimum absolute atomic E-state index is 0.0240. The summed E-state index contributed by atoms with van der Waals surface area (Å²) in [6.07, 6.45) is 1.21. The number of benzene rings is 3. The van der Waals surface area contributed by atoms with Crippen molar-refractivity contribution in [2.45, 2.75) is 50.2 Å². The maximum absolute atomic E-state index is 15.7. The fourth-order valence-electron chi connectivity index (χ4n) is 5.65. The summed E-state index contributed by atoms with van der Waals surface area (Å²) in [4.78, 5) is 17.9. The van der Waals surface area contributed by atoms with Crippen LogP contribution in [0.2, 0.25) is 5.02 Å². The summed E-state index contributed by atoms with van der Waals surface area (Å²) in [5.41, 5.74) is 0.659. The van der Waals surface area contributed by atoms with E-state index in [9.17, 15) is 13.2 Å². The van der Waals surface area contributed by atoms with E-state index in [-0.39, 0.29) is 30.7 Å². The van der Waals surface area contributed by atoms with Crippen molar-refractivity contribution in [3.63, 3.8) is 0 Å². The number of anilines is 1. The molecule has 0 spiro atoms. The molecule has 16 heteroatoms. The highest BCUT2D eigenvalue weighted by molar-refractivity contribution is 7.93. The lowest BCUT2D eigenvalue weighted by molar-refractivity contribution is 0.0108. The van der Waals surface area contributed by atoms with Crippen molar-refractivity contribution in [2.75, 3.05) is 38.2 Å². The Morgan fingerprint density at radius 3 is 2.36 bits per heavy atom. The van der Waals surface area contributed by atoms with Crippen LogP contribution in [0.3, 0.4) is 0 Å². The molecule has 1 fully saturated rings. The van der Waals surface area contributed by atoms with E-state index < -0.39 is 49.9 Å². The van der Waals surface area contributed by atoms with Crippen molar-refractivity contribution in [2.24, 2.45) is 5.92 Å². The molecular formula is C34H37ClF2N4O7S2. The fraction of sp³-hybridized carbons (Fsp3) is 0.382. The van der Waals surface area contributed by atoms with Crippen molar-refractivity contribution in [1.82, 2.24) is 14.3 Å². The summed E-state index contributed by atoms with van der Waals surface area (Å²) in [5.74, 6) is -2.89. The number of nitrogens with zero attached hydrogens (tertiary/aromatic N) is 4. The van der Waals surface area contributed by atoms with Crippen molar-refractivity contribution >= 4 is 44.4 Å². The molecule has 0 radical (unpaired) electrons. The molecule has 50 heavy (non-hydrogen) atoms. The van der Waals surface area contributed by atoms with Gasteiger partial charge in [0.2, 0.25) is 5.13 Å². The van der Waals surface area contributed by atoms with E-state index in [1.54, 1.807) is 56.0 Å². The first-order valence-electron chi connectivity index (χ1n) is 15.6. The Kier molecular flexibility index (Phi) is 11.4. The summed E-state index contributed by atoms with van der Waals surface area (Å²) in [6.45, 7) is 5.44. The smallest absolute Gasteiger partial charge is 0.410 e. The zero-order chi connectivity index (χ0) is 36.2. The van der Waals surface area contributed by atoms with Crippen LogP contribution < -0.4 is 18.5 Å². The van der Waals surface area contributed by atoms with Crippen LogP contribution >= 0.6 is 23.1 Å². The van der Waals surface area contributed by atoms with Gasteiger partial charge in [0.05, 0.1) is 32.3 Å². The lowest BCUT2D eigenvalue weighted by Crippen LogP contribution is -2.46. The summed E-state index contributed by atoms with van der Waals surface area (Å²) < 4.78 is 86.1. The lowest BCUT2D eigenvalue weighted by atomic mass is 9.81. The summed E-state index contributed by atoms with van der Waals surface area (Å²) in [7, 11) is -1.69. The predicted molar refractivity (Wildman–Crippen MR) is 185 cm³/mol. The highest BCUT2D eigenvalue weighted by Crippen LogP contribution is 2.37. The summed E-state index contributed by atoms with van der Waals surface area (Å²) >= 11 is 6.90. The molecule has 5 rings (SSSR count). The normalized spacial score (nSPS) is 16.5. The second-order valence-corrected chi connectivity index (χ2v) is 15.6. The Bertz CT molecular complexity index is 1890. The molecule has 2 atom stereocenters. The van der Waals surface area contributed by atoms with Gasteiger partial charge in [0.15, 0.2) is 17.4 Å². The molecule has 1 aliphatic heterocycles. The molecule has 11 nitrogen and oxygen atoms in total. The van der Waals surface area contributed by atoms with Crippen LogP contribution in [0.4, 0.5) is 18.7 Å². The number of carbonyl (C=O) groups is 1. The summed E-state index contributed by atoms with van der Waals surface area (Å²) in [6, 6.07) is 13.5. The van der Waals surface area contributed by atoms with Gasteiger partial charge in [-0.15, -0.1) is 0 Å². The SMILES string of the molecule is COc1ccc(CN(c2ncns2)S(=O)(=O)c2cc(F)c(OC[C@@H]3CN(C(=O)OC(C)(C)C)CCC3c3ccc(Cl)cc3)c(F)c2)c(OC)c1. The van der Waals surface area contributed by atoms with Gasteiger partial charge < -0.3 is 23.8 Å². The Hall–Kier alpha value is -4.21. The number of likely N-dealkylation sites (tertiary alicyclic amines) is 1. The molecule has 1 aliphatic rings. The highest BCUT2D eigenvalue weighted by atomic mass is 35.5. The van der Waals surface area contributed by atoms with Gasteiger partial charge in [-0.1, -0.05) is 23.7 Å². The minimum atomic E-state index is -4.59. The van der Waals surface area contributed by atoms with Crippen molar-refractivity contribution in [1.29, 1.82) is 0 Å². The number of halogens is 3. The number of hydrogen-bond acceptors (Lipinski definition) is 10. The van der Waals surface area contributed by atoms with Crippen LogP contribution in [0, 0.1) is 17.6 Å². The van der Waals surface area contributed by atoms with Crippen LogP contribution in [0.25, 0.3) is 0 Å². The van der Waals surface area contributed by atoms with Crippen LogP contribution in [0.15, 0.2) is 65.8 Å². The number of methoxy groups -OCH3 is 2. The topological polar surface area (TPSA) is 120 Å². The second-order valence-electron chi connectivity index (χ2n) is 12.6. The predicted octanol–water partition coefficient (Wildman–Crippen LogP) is 7.30. The lowest BCUT2D eigenvalue weighted by Gasteiger charge is -2.39. The summed E-state index contributed by atoms with van der Waals surface area (Å²) in [5, 5.41) is 0.531. The molecule has 1 aromatic heterocycles. The number of amides is 1. The average molecular weight is 751 g/mol. The molecule has 2 heterocycles. The molecule has 0 N–H and O–H groups in total. The third kappa shape index (κ3) is 8.56. The number of aromatic nitrogens is 2. The molecule has 1 unspecified atom stereocenters. The molecule has 0 aliphatic carbocycles. The van der Waals surface area contributed by atoms with Gasteiger partial charge in [-0.2, -0.15) is 4.37 Å². The number of rotatable bonds is 11. The number of hydrogen-bond donors (Lipinski definition) is 0. The number of sulfonamides is 1. The maximum atomic E-state index is 15.7. The quantitative estimate of drug-likeness (QED) is 0.156. The van der Waals surface area contributed by atoms with E-state index in [2.05, 4.69) is 9.36 Å². The second kappa shape index (κ2) is 15.4. The van der Waals surface area contributed by atoms with Gasteiger partial charge in [0.1, 0.15) is 23.4 Å². The van der Waals surface area contributed by atoms with Gasteiger partial charge in [-0.05, 0) is 75.1 Å². The molecule has 1 amide bonds. The third-order valence-corrected chi connectivity index (χ3v) is 10.8. The van der Waals surface area contributed by atoms with Gasteiger partial charge in [-0.3, -0.25) is 0 Å². The Morgan fingerprint density at radius 2 is 1.76 bits per heavy atom. The molecule has 1 saturated heterocycles. The molecule has 268 valence electrons. The van der Waals surface area contributed by atoms with Crippen LogP contribution in [0.1, 0.15) is 44.2 Å². The van der Waals surface area contributed by atoms with Gasteiger partial charge >= 0.3 is 6.09 Å². The average Bonchev–Trinajstić information content (AvgIpc) is 3.61. The molecule has 0 bridgehead atoms. The van der Waals surface area contributed by atoms with Gasteiger partial charge in [0, 0.05) is 47.2 Å². The largest absolute Gasteiger partial charge is 0.497 e. The van der Waals surface area contributed by atoms with E-state index in [0.717, 1.165) is 21.4 Å². The van der Waals surface area contributed by atoms with E-state index in [4.69, 9.17) is 30.5 Å². The molecule has 3 aromatic carbocycles. The third-order valence-electron chi connectivity index (χ3n) is 8.06. The zero-order valence-corrected chi connectivity index (χ0v) is 30.4. The van der Waals surface area contributed by atoms with Gasteiger partial charge in [-0.25, -0.2) is 31.3 Å². The van der Waals surface area contributed by atoms with Crippen molar-refractivity contribution in [3.05, 3.63) is 88.7 Å².